The van der Waals surface area contributed by atoms with Gasteiger partial charge >= 0.3 is 0 Å². The Labute approximate surface area is 137 Å². The molecule has 2 aromatic rings. The zero-order valence-electron chi connectivity index (χ0n) is 13.9. The average molecular weight is 316 g/mol. The lowest BCUT2D eigenvalue weighted by atomic mass is 10.1. The first kappa shape index (κ1) is 17.1. The molecule has 1 atom stereocenters. The van der Waals surface area contributed by atoms with E-state index < -0.39 is 0 Å². The molecule has 0 aliphatic carbocycles. The fourth-order valence-corrected chi connectivity index (χ4v) is 2.41. The number of nitrogens with one attached hydrogen (secondary N) is 1. The van der Waals surface area contributed by atoms with Crippen molar-refractivity contribution in [1.82, 2.24) is 10.3 Å². The summed E-state index contributed by atoms with van der Waals surface area (Å²) in [7, 11) is 3.18. The quantitative estimate of drug-likeness (QED) is 0.784. The van der Waals surface area contributed by atoms with Crippen molar-refractivity contribution in [1.29, 1.82) is 0 Å². The van der Waals surface area contributed by atoms with Crippen molar-refractivity contribution in [2.24, 2.45) is 0 Å². The van der Waals surface area contributed by atoms with Crippen LogP contribution < -0.4 is 14.8 Å². The van der Waals surface area contributed by atoms with E-state index in [1.165, 1.54) is 0 Å². The predicted molar refractivity (Wildman–Crippen MR) is 90.3 cm³/mol. The van der Waals surface area contributed by atoms with E-state index in [1.54, 1.807) is 20.3 Å². The van der Waals surface area contributed by atoms with Crippen LogP contribution in [0.25, 0.3) is 0 Å². The highest BCUT2D eigenvalue weighted by Crippen LogP contribution is 2.26. The van der Waals surface area contributed by atoms with Crippen LogP contribution in [0.1, 0.15) is 18.2 Å². The van der Waals surface area contributed by atoms with Gasteiger partial charge in [0.05, 0.1) is 14.2 Å². The summed E-state index contributed by atoms with van der Waals surface area (Å²) in [5.74, 6) is 1.32. The highest BCUT2D eigenvalue weighted by molar-refractivity contribution is 5.41. The zero-order chi connectivity index (χ0) is 16.7. The highest BCUT2D eigenvalue weighted by atomic mass is 16.5. The van der Waals surface area contributed by atoms with Crippen molar-refractivity contribution in [3.63, 3.8) is 0 Å². The first-order valence-corrected chi connectivity index (χ1v) is 7.71. The van der Waals surface area contributed by atoms with Crippen LogP contribution in [0.5, 0.6) is 17.4 Å². The molecule has 23 heavy (non-hydrogen) atoms. The molecular weight excluding hydrogens is 292 g/mol. The lowest BCUT2D eigenvalue weighted by molar-refractivity contribution is 0.373. The number of aromatic hydroxyl groups is 1. The topological polar surface area (TPSA) is 63.6 Å². The van der Waals surface area contributed by atoms with Gasteiger partial charge in [-0.05, 0) is 43.7 Å². The van der Waals surface area contributed by atoms with Gasteiger partial charge in [0, 0.05) is 24.2 Å². The molecule has 0 saturated carbocycles. The first-order valence-electron chi connectivity index (χ1n) is 7.71. The summed E-state index contributed by atoms with van der Waals surface area (Å²) in [5.41, 5.74) is 2.13. The van der Waals surface area contributed by atoms with Crippen LogP contribution in [0, 0.1) is 0 Å². The van der Waals surface area contributed by atoms with Gasteiger partial charge in [0.15, 0.2) is 11.5 Å². The number of phenols is 1. The van der Waals surface area contributed by atoms with Crippen LogP contribution in [-0.2, 0) is 12.8 Å². The highest BCUT2D eigenvalue weighted by Gasteiger charge is 2.06. The number of hydrogen-bond donors (Lipinski definition) is 2. The third-order valence-corrected chi connectivity index (χ3v) is 3.66. The van der Waals surface area contributed by atoms with Gasteiger partial charge in [0.1, 0.15) is 0 Å². The van der Waals surface area contributed by atoms with Gasteiger partial charge in [-0.3, -0.25) is 0 Å². The Bertz CT molecular complexity index is 631. The number of methoxy groups -OCH3 is 2. The maximum atomic E-state index is 9.60. The lowest BCUT2D eigenvalue weighted by Gasteiger charge is -2.14. The van der Waals surface area contributed by atoms with E-state index in [9.17, 15) is 5.11 Å². The van der Waals surface area contributed by atoms with Crippen LogP contribution in [0.4, 0.5) is 0 Å². The molecule has 1 aromatic heterocycles. The number of aromatic nitrogens is 1. The smallest absolute Gasteiger partial charge is 0.213 e. The SMILES string of the molecule is COc1cccc(CC(C)NCCc2ccc(O)c(OC)c2)n1. The van der Waals surface area contributed by atoms with Gasteiger partial charge < -0.3 is 19.9 Å². The van der Waals surface area contributed by atoms with Crippen LogP contribution in [0.2, 0.25) is 0 Å². The largest absolute Gasteiger partial charge is 0.504 e. The summed E-state index contributed by atoms with van der Waals surface area (Å²) >= 11 is 0. The molecule has 1 heterocycles. The molecule has 5 heteroatoms. The summed E-state index contributed by atoms with van der Waals surface area (Å²) in [4.78, 5) is 4.42. The molecule has 2 rings (SSSR count). The number of hydrogen-bond acceptors (Lipinski definition) is 5. The molecule has 5 nitrogen and oxygen atoms in total. The number of phenolic OH excluding ortho intramolecular Hbond substituents is 1. The second-order valence-corrected chi connectivity index (χ2v) is 5.49. The second-order valence-electron chi connectivity index (χ2n) is 5.49. The average Bonchev–Trinajstić information content (AvgIpc) is 2.56. The van der Waals surface area contributed by atoms with E-state index in [4.69, 9.17) is 9.47 Å². The molecule has 0 amide bonds. The maximum absolute atomic E-state index is 9.60. The Hall–Kier alpha value is -2.27. The summed E-state index contributed by atoms with van der Waals surface area (Å²) in [6.07, 6.45) is 1.71. The van der Waals surface area contributed by atoms with Crippen molar-refractivity contribution in [2.75, 3.05) is 20.8 Å². The van der Waals surface area contributed by atoms with Gasteiger partial charge in [-0.15, -0.1) is 0 Å². The fraction of sp³-hybridized carbons (Fsp3) is 0.389. The number of pyridine rings is 1. The molecule has 0 aliphatic heterocycles. The number of benzene rings is 1. The van der Waals surface area contributed by atoms with Crippen molar-refractivity contribution >= 4 is 0 Å². The summed E-state index contributed by atoms with van der Waals surface area (Å²) in [5, 5.41) is 13.1. The van der Waals surface area contributed by atoms with Crippen LogP contribution in [-0.4, -0.2) is 36.9 Å². The van der Waals surface area contributed by atoms with Gasteiger partial charge in [-0.2, -0.15) is 0 Å². The van der Waals surface area contributed by atoms with Crippen molar-refractivity contribution in [3.8, 4) is 17.4 Å². The molecule has 0 spiro atoms. The number of rotatable bonds is 8. The second kappa shape index (κ2) is 8.39. The van der Waals surface area contributed by atoms with Gasteiger partial charge in [-0.1, -0.05) is 12.1 Å². The molecule has 2 N–H and O–H groups in total. The first-order chi connectivity index (χ1) is 11.1. The predicted octanol–water partition coefficient (Wildman–Crippen LogP) is 2.57. The monoisotopic (exact) mass is 316 g/mol. The molecule has 1 aromatic carbocycles. The van der Waals surface area contributed by atoms with E-state index in [-0.39, 0.29) is 5.75 Å². The molecule has 0 fully saturated rings. The van der Waals surface area contributed by atoms with E-state index >= 15 is 0 Å². The summed E-state index contributed by atoms with van der Waals surface area (Å²) in [6.45, 7) is 2.98. The zero-order valence-corrected chi connectivity index (χ0v) is 13.9. The van der Waals surface area contributed by atoms with Crippen molar-refractivity contribution in [2.45, 2.75) is 25.8 Å². The van der Waals surface area contributed by atoms with Gasteiger partial charge in [-0.25, -0.2) is 4.98 Å². The molecule has 0 aliphatic rings. The minimum absolute atomic E-state index is 0.168. The third-order valence-electron chi connectivity index (χ3n) is 3.66. The molecule has 124 valence electrons. The Balaban J connectivity index is 1.81. The number of ether oxygens (including phenoxy) is 2. The van der Waals surface area contributed by atoms with Crippen LogP contribution >= 0.6 is 0 Å². The molecule has 0 bridgehead atoms. The normalized spacial score (nSPS) is 12.0. The van der Waals surface area contributed by atoms with E-state index in [0.29, 0.717) is 17.7 Å². The van der Waals surface area contributed by atoms with E-state index in [2.05, 4.69) is 17.2 Å². The standard InChI is InChI=1S/C18H24N2O3/c1-13(11-15-5-4-6-18(20-15)23-3)19-10-9-14-7-8-16(21)17(12-14)22-2/h4-8,12-13,19,21H,9-11H2,1-3H3. The maximum Gasteiger partial charge on any atom is 0.213 e. The van der Waals surface area contributed by atoms with Crippen LogP contribution in [0.3, 0.4) is 0 Å². The minimum atomic E-state index is 0.168. The molecular formula is C18H24N2O3. The summed E-state index contributed by atoms with van der Waals surface area (Å²) in [6, 6.07) is 11.6. The van der Waals surface area contributed by atoms with Crippen molar-refractivity contribution < 1.29 is 14.6 Å². The molecule has 1 unspecified atom stereocenters. The van der Waals surface area contributed by atoms with Crippen LogP contribution in [0.15, 0.2) is 36.4 Å². The minimum Gasteiger partial charge on any atom is -0.504 e. The lowest BCUT2D eigenvalue weighted by Crippen LogP contribution is -2.30. The molecule has 0 saturated heterocycles. The van der Waals surface area contributed by atoms with Gasteiger partial charge in [0.25, 0.3) is 0 Å². The van der Waals surface area contributed by atoms with E-state index in [1.807, 2.05) is 30.3 Å². The summed E-state index contributed by atoms with van der Waals surface area (Å²) < 4.78 is 10.3. The van der Waals surface area contributed by atoms with E-state index in [0.717, 1.165) is 30.6 Å². The Morgan fingerprint density at radius 1 is 1.17 bits per heavy atom. The third kappa shape index (κ3) is 5.14. The molecule has 0 radical (unpaired) electrons. The van der Waals surface area contributed by atoms with Gasteiger partial charge in [0.2, 0.25) is 5.88 Å². The fourth-order valence-electron chi connectivity index (χ4n) is 2.41. The number of nitrogens with zero attached hydrogens (tertiary/aromatic N) is 1. The Morgan fingerprint density at radius 2 is 2.00 bits per heavy atom. The Kier molecular flexibility index (Phi) is 6.23. The van der Waals surface area contributed by atoms with Crippen molar-refractivity contribution in [3.05, 3.63) is 47.7 Å². The Morgan fingerprint density at radius 3 is 2.74 bits per heavy atom.